The first kappa shape index (κ1) is 12.5. The molecule has 2 aromatic carbocycles. The number of rotatable bonds is 2. The minimum Gasteiger partial charge on any atom is -0.463 e. The molecule has 0 radical (unpaired) electrons. The Hall–Kier alpha value is -3.21. The Morgan fingerprint density at radius 1 is 0.909 bits per heavy atom. The molecule has 4 rings (SSSR count). The monoisotopic (exact) mass is 290 g/mol. The van der Waals surface area contributed by atoms with Crippen molar-refractivity contribution in [2.24, 2.45) is 5.10 Å². The Balaban J connectivity index is 1.85. The van der Waals surface area contributed by atoms with E-state index in [1.807, 2.05) is 12.1 Å². The molecule has 0 unspecified atom stereocenters. The Kier molecular flexibility index (Phi) is 2.66. The summed E-state index contributed by atoms with van der Waals surface area (Å²) in [7, 11) is 0. The molecule has 0 spiro atoms. The molecule has 1 aliphatic heterocycles. The van der Waals surface area contributed by atoms with Crippen LogP contribution in [0, 0.1) is 0 Å². The highest BCUT2D eigenvalue weighted by molar-refractivity contribution is 6.25. The van der Waals surface area contributed by atoms with Crippen molar-refractivity contribution < 1.29 is 14.0 Å². The van der Waals surface area contributed by atoms with Crippen molar-refractivity contribution in [1.29, 1.82) is 0 Å². The number of imide groups is 1. The third-order valence-corrected chi connectivity index (χ3v) is 3.59. The van der Waals surface area contributed by atoms with Crippen LogP contribution in [-0.2, 0) is 0 Å². The standard InChI is InChI=1S/C17H10N2O3/c20-16-13-7-1-4-11-5-2-8-14(15(11)13)17(21)19(16)18-10-12-6-3-9-22-12/h1-10H/b18-10-. The largest absolute Gasteiger partial charge is 0.463 e. The van der Waals surface area contributed by atoms with Crippen molar-refractivity contribution in [3.05, 3.63) is 71.7 Å². The Morgan fingerprint density at radius 3 is 2.18 bits per heavy atom. The predicted molar refractivity (Wildman–Crippen MR) is 80.8 cm³/mol. The second-order valence-electron chi connectivity index (χ2n) is 4.89. The third-order valence-electron chi connectivity index (χ3n) is 3.59. The molecule has 0 atom stereocenters. The molecule has 5 heteroatoms. The van der Waals surface area contributed by atoms with Crippen molar-refractivity contribution in [2.45, 2.75) is 0 Å². The zero-order valence-electron chi connectivity index (χ0n) is 11.4. The van der Waals surface area contributed by atoms with Gasteiger partial charge in [-0.05, 0) is 29.7 Å². The normalized spacial score (nSPS) is 14.3. The van der Waals surface area contributed by atoms with Gasteiger partial charge >= 0.3 is 0 Å². The van der Waals surface area contributed by atoms with Gasteiger partial charge in [-0.2, -0.15) is 10.1 Å². The first-order chi connectivity index (χ1) is 10.8. The minimum atomic E-state index is -0.433. The second kappa shape index (κ2) is 4.66. The fraction of sp³-hybridized carbons (Fsp3) is 0. The fourth-order valence-corrected chi connectivity index (χ4v) is 2.60. The van der Waals surface area contributed by atoms with Gasteiger partial charge in [-0.3, -0.25) is 9.59 Å². The van der Waals surface area contributed by atoms with Crippen LogP contribution in [0.4, 0.5) is 0 Å². The first-order valence-electron chi connectivity index (χ1n) is 6.74. The van der Waals surface area contributed by atoms with Crippen LogP contribution in [0.5, 0.6) is 0 Å². The molecule has 1 aliphatic rings. The molecule has 0 bridgehead atoms. The third kappa shape index (κ3) is 1.76. The van der Waals surface area contributed by atoms with Gasteiger partial charge in [0.1, 0.15) is 5.76 Å². The number of furan rings is 1. The topological polar surface area (TPSA) is 62.9 Å². The van der Waals surface area contributed by atoms with E-state index in [1.54, 1.807) is 36.4 Å². The van der Waals surface area contributed by atoms with Crippen molar-refractivity contribution in [3.8, 4) is 0 Å². The smallest absolute Gasteiger partial charge is 0.282 e. The van der Waals surface area contributed by atoms with E-state index < -0.39 is 11.8 Å². The summed E-state index contributed by atoms with van der Waals surface area (Å²) in [6, 6.07) is 14.2. The van der Waals surface area contributed by atoms with Crippen molar-refractivity contribution in [2.75, 3.05) is 0 Å². The van der Waals surface area contributed by atoms with Crippen LogP contribution in [0.2, 0.25) is 0 Å². The molecule has 0 saturated heterocycles. The lowest BCUT2D eigenvalue weighted by molar-refractivity contribution is 0.0616. The van der Waals surface area contributed by atoms with Gasteiger partial charge < -0.3 is 4.42 Å². The van der Waals surface area contributed by atoms with Crippen LogP contribution in [0.1, 0.15) is 26.5 Å². The quantitative estimate of drug-likeness (QED) is 0.538. The number of amides is 2. The first-order valence-corrected chi connectivity index (χ1v) is 6.74. The molecule has 0 fully saturated rings. The molecule has 3 aromatic rings. The summed E-state index contributed by atoms with van der Waals surface area (Å²) in [4.78, 5) is 25.1. The Bertz CT molecular complexity index is 875. The maximum atomic E-state index is 12.5. The van der Waals surface area contributed by atoms with Crippen LogP contribution >= 0.6 is 0 Å². The molecule has 5 nitrogen and oxygen atoms in total. The van der Waals surface area contributed by atoms with Gasteiger partial charge in [0.25, 0.3) is 11.8 Å². The van der Waals surface area contributed by atoms with E-state index in [9.17, 15) is 9.59 Å². The molecule has 0 N–H and O–H groups in total. The molecule has 2 amide bonds. The van der Waals surface area contributed by atoms with E-state index in [4.69, 9.17) is 4.42 Å². The van der Waals surface area contributed by atoms with Gasteiger partial charge in [-0.1, -0.05) is 24.3 Å². The Labute approximate surface area is 125 Å². The van der Waals surface area contributed by atoms with Crippen LogP contribution in [-0.4, -0.2) is 23.0 Å². The van der Waals surface area contributed by atoms with Crippen LogP contribution in [0.15, 0.2) is 64.3 Å². The van der Waals surface area contributed by atoms with Gasteiger partial charge in [0.15, 0.2) is 0 Å². The highest BCUT2D eigenvalue weighted by Crippen LogP contribution is 2.29. The fourth-order valence-electron chi connectivity index (χ4n) is 2.60. The van der Waals surface area contributed by atoms with Gasteiger partial charge in [0.2, 0.25) is 0 Å². The minimum absolute atomic E-state index is 0.433. The average molecular weight is 290 g/mol. The number of hydrogen-bond acceptors (Lipinski definition) is 4. The molecule has 106 valence electrons. The van der Waals surface area contributed by atoms with E-state index >= 15 is 0 Å². The molecule has 2 heterocycles. The van der Waals surface area contributed by atoms with Crippen LogP contribution in [0.3, 0.4) is 0 Å². The van der Waals surface area contributed by atoms with Crippen LogP contribution < -0.4 is 0 Å². The molecule has 1 aromatic heterocycles. The number of nitrogens with zero attached hydrogens (tertiary/aromatic N) is 2. The highest BCUT2D eigenvalue weighted by Gasteiger charge is 2.32. The van der Waals surface area contributed by atoms with E-state index in [-0.39, 0.29) is 0 Å². The van der Waals surface area contributed by atoms with Gasteiger partial charge in [-0.15, -0.1) is 0 Å². The Morgan fingerprint density at radius 2 is 1.59 bits per heavy atom. The van der Waals surface area contributed by atoms with E-state index in [2.05, 4.69) is 5.10 Å². The lowest BCUT2D eigenvalue weighted by Gasteiger charge is -2.22. The lowest BCUT2D eigenvalue weighted by atomic mass is 9.95. The zero-order chi connectivity index (χ0) is 15.1. The molecular weight excluding hydrogens is 280 g/mol. The van der Waals surface area contributed by atoms with Gasteiger partial charge in [-0.25, -0.2) is 0 Å². The maximum Gasteiger partial charge on any atom is 0.282 e. The maximum absolute atomic E-state index is 12.5. The number of carbonyl (C=O) groups is 2. The van der Waals surface area contributed by atoms with E-state index in [0.29, 0.717) is 22.3 Å². The molecule has 0 saturated carbocycles. The summed E-state index contributed by atoms with van der Waals surface area (Å²) in [5.41, 5.74) is 0.952. The summed E-state index contributed by atoms with van der Waals surface area (Å²) >= 11 is 0. The lowest BCUT2D eigenvalue weighted by Crippen LogP contribution is -2.36. The summed E-state index contributed by atoms with van der Waals surface area (Å²) in [6.45, 7) is 0. The summed E-state index contributed by atoms with van der Waals surface area (Å²) in [6.07, 6.45) is 2.85. The SMILES string of the molecule is O=C1c2cccc3cccc(c23)C(=O)N1/N=C\c1ccco1. The van der Waals surface area contributed by atoms with Crippen molar-refractivity contribution in [1.82, 2.24) is 5.01 Å². The van der Waals surface area contributed by atoms with E-state index in [0.717, 1.165) is 10.4 Å². The molecule has 0 aliphatic carbocycles. The zero-order valence-corrected chi connectivity index (χ0v) is 11.4. The van der Waals surface area contributed by atoms with Crippen molar-refractivity contribution >= 4 is 28.8 Å². The van der Waals surface area contributed by atoms with E-state index in [1.165, 1.54) is 12.5 Å². The summed E-state index contributed by atoms with van der Waals surface area (Å²) < 4.78 is 5.12. The number of benzene rings is 2. The van der Waals surface area contributed by atoms with Gasteiger partial charge in [0, 0.05) is 5.39 Å². The average Bonchev–Trinajstić information content (AvgIpc) is 3.06. The number of carbonyl (C=O) groups excluding carboxylic acids is 2. The summed E-state index contributed by atoms with van der Waals surface area (Å²) in [5.74, 6) is -0.396. The highest BCUT2D eigenvalue weighted by atomic mass is 16.3. The molecular formula is C17H10N2O3. The second-order valence-corrected chi connectivity index (χ2v) is 4.89. The van der Waals surface area contributed by atoms with Crippen molar-refractivity contribution in [3.63, 3.8) is 0 Å². The molecule has 22 heavy (non-hydrogen) atoms. The van der Waals surface area contributed by atoms with Gasteiger partial charge in [0.05, 0.1) is 23.6 Å². The number of hydrazone groups is 1. The summed E-state index contributed by atoms with van der Waals surface area (Å²) in [5, 5.41) is 6.42. The predicted octanol–water partition coefficient (Wildman–Crippen LogP) is 3.06. The number of hydrogen-bond donors (Lipinski definition) is 0. The van der Waals surface area contributed by atoms with Crippen LogP contribution in [0.25, 0.3) is 10.8 Å².